The lowest BCUT2D eigenvalue weighted by Crippen LogP contribution is -2.40. The van der Waals surface area contributed by atoms with Gasteiger partial charge in [-0.05, 0) is 31.5 Å². The molecule has 118 valence electrons. The first-order valence-electron chi connectivity index (χ1n) is 7.42. The maximum Gasteiger partial charge on any atom is 0.188 e. The molecular weight excluding hydrogens is 300 g/mol. The first-order chi connectivity index (χ1) is 10.8. The van der Waals surface area contributed by atoms with Crippen LogP contribution in [-0.2, 0) is 0 Å². The Balaban J connectivity index is 1.72. The van der Waals surface area contributed by atoms with E-state index in [2.05, 4.69) is 20.2 Å². The molecule has 22 heavy (non-hydrogen) atoms. The van der Waals surface area contributed by atoms with Crippen LogP contribution in [-0.4, -0.2) is 50.9 Å². The summed E-state index contributed by atoms with van der Waals surface area (Å²) >= 11 is 1.55. The van der Waals surface area contributed by atoms with Gasteiger partial charge in [0.1, 0.15) is 5.82 Å². The van der Waals surface area contributed by atoms with Gasteiger partial charge in [-0.2, -0.15) is 0 Å². The Hall–Kier alpha value is -1.54. The number of aromatic nitrogens is 2. The van der Waals surface area contributed by atoms with Crippen LogP contribution in [0.3, 0.4) is 0 Å². The molecule has 1 aliphatic heterocycles. The van der Waals surface area contributed by atoms with E-state index in [1.807, 2.05) is 23.6 Å². The molecule has 1 fully saturated rings. The van der Waals surface area contributed by atoms with E-state index in [1.54, 1.807) is 17.5 Å². The Labute approximate surface area is 133 Å². The lowest BCUT2D eigenvalue weighted by molar-refractivity contribution is 0.0644. The standard InChI is InChI=1S/C15H20N4O2S/c20-8-11(9-21)19-7-3-4-13(19)12-10-22-15(17-12)18-14-5-1-2-6-16-14/h1-2,5-6,10-11,13,20-21H,3-4,7-9H2,(H,16,17,18). The molecule has 6 nitrogen and oxygen atoms in total. The van der Waals surface area contributed by atoms with E-state index in [1.165, 1.54) is 0 Å². The number of nitrogens with zero attached hydrogens (tertiary/aromatic N) is 3. The van der Waals surface area contributed by atoms with Crippen molar-refractivity contribution in [3.8, 4) is 0 Å². The summed E-state index contributed by atoms with van der Waals surface area (Å²) in [6.45, 7) is 0.823. The van der Waals surface area contributed by atoms with Gasteiger partial charge in [0.25, 0.3) is 0 Å². The molecule has 2 aromatic rings. The van der Waals surface area contributed by atoms with Crippen LogP contribution in [0.25, 0.3) is 0 Å². The molecule has 1 unspecified atom stereocenters. The number of aliphatic hydroxyl groups excluding tert-OH is 2. The van der Waals surface area contributed by atoms with E-state index in [0.717, 1.165) is 36.0 Å². The normalized spacial score (nSPS) is 19.0. The number of likely N-dealkylation sites (tertiary alicyclic amines) is 1. The minimum absolute atomic E-state index is 0.0316. The van der Waals surface area contributed by atoms with Crippen LogP contribution in [0.1, 0.15) is 24.6 Å². The van der Waals surface area contributed by atoms with Gasteiger partial charge >= 0.3 is 0 Å². The van der Waals surface area contributed by atoms with Gasteiger partial charge in [0.2, 0.25) is 0 Å². The minimum Gasteiger partial charge on any atom is -0.395 e. The summed E-state index contributed by atoms with van der Waals surface area (Å²) in [4.78, 5) is 11.0. The van der Waals surface area contributed by atoms with Gasteiger partial charge in [-0.1, -0.05) is 6.07 Å². The monoisotopic (exact) mass is 320 g/mol. The van der Waals surface area contributed by atoms with Gasteiger partial charge in [0, 0.05) is 11.6 Å². The van der Waals surface area contributed by atoms with Crippen LogP contribution in [0.15, 0.2) is 29.8 Å². The average molecular weight is 320 g/mol. The highest BCUT2D eigenvalue weighted by Crippen LogP contribution is 2.35. The highest BCUT2D eigenvalue weighted by atomic mass is 32.1. The summed E-state index contributed by atoms with van der Waals surface area (Å²) in [5, 5.41) is 24.9. The molecule has 0 aromatic carbocycles. The number of pyridine rings is 1. The van der Waals surface area contributed by atoms with Crippen LogP contribution in [0, 0.1) is 0 Å². The maximum atomic E-state index is 9.41. The molecule has 1 saturated heterocycles. The molecule has 0 bridgehead atoms. The first-order valence-corrected chi connectivity index (χ1v) is 8.30. The van der Waals surface area contributed by atoms with Crippen molar-refractivity contribution in [3.63, 3.8) is 0 Å². The van der Waals surface area contributed by atoms with E-state index in [4.69, 9.17) is 0 Å². The summed E-state index contributed by atoms with van der Waals surface area (Å²) in [7, 11) is 0. The highest BCUT2D eigenvalue weighted by molar-refractivity contribution is 7.13. The highest BCUT2D eigenvalue weighted by Gasteiger charge is 2.32. The lowest BCUT2D eigenvalue weighted by atomic mass is 10.1. The largest absolute Gasteiger partial charge is 0.395 e. The SMILES string of the molecule is OCC(CO)N1CCCC1c1csc(Nc2ccccn2)n1. The number of nitrogens with one attached hydrogen (secondary N) is 1. The van der Waals surface area contributed by atoms with E-state index < -0.39 is 0 Å². The van der Waals surface area contributed by atoms with Crippen LogP contribution in [0.5, 0.6) is 0 Å². The topological polar surface area (TPSA) is 81.5 Å². The molecule has 7 heteroatoms. The van der Waals surface area contributed by atoms with Crippen molar-refractivity contribution in [1.29, 1.82) is 0 Å². The average Bonchev–Trinajstić information content (AvgIpc) is 3.19. The van der Waals surface area contributed by atoms with Crippen molar-refractivity contribution < 1.29 is 10.2 Å². The van der Waals surface area contributed by atoms with Crippen LogP contribution in [0.4, 0.5) is 10.9 Å². The van der Waals surface area contributed by atoms with Gasteiger partial charge in [0.05, 0.1) is 31.0 Å². The third-order valence-electron chi connectivity index (χ3n) is 3.95. The maximum absolute atomic E-state index is 9.41. The zero-order valence-electron chi connectivity index (χ0n) is 12.2. The number of thiazole rings is 1. The van der Waals surface area contributed by atoms with Crippen molar-refractivity contribution in [3.05, 3.63) is 35.5 Å². The van der Waals surface area contributed by atoms with E-state index >= 15 is 0 Å². The quantitative estimate of drug-likeness (QED) is 0.752. The van der Waals surface area contributed by atoms with E-state index in [0.29, 0.717) is 0 Å². The lowest BCUT2D eigenvalue weighted by Gasteiger charge is -2.29. The number of hydrogen-bond acceptors (Lipinski definition) is 7. The molecular formula is C15H20N4O2S. The van der Waals surface area contributed by atoms with Gasteiger partial charge in [0.15, 0.2) is 5.13 Å². The van der Waals surface area contributed by atoms with Gasteiger partial charge in [-0.25, -0.2) is 9.97 Å². The number of rotatable bonds is 6. The Morgan fingerprint density at radius 1 is 1.36 bits per heavy atom. The van der Waals surface area contributed by atoms with Crippen molar-refractivity contribution in [2.45, 2.75) is 24.9 Å². The number of hydrogen-bond donors (Lipinski definition) is 3. The second-order valence-electron chi connectivity index (χ2n) is 5.33. The van der Waals surface area contributed by atoms with Gasteiger partial charge < -0.3 is 15.5 Å². The summed E-state index contributed by atoms with van der Waals surface area (Å²) in [5.74, 6) is 0.773. The molecule has 3 heterocycles. The summed E-state index contributed by atoms with van der Waals surface area (Å²) < 4.78 is 0. The van der Waals surface area contributed by atoms with Gasteiger partial charge in [-0.15, -0.1) is 11.3 Å². The Bertz CT molecular complexity index is 588. The predicted octanol–water partition coefficient (Wildman–Crippen LogP) is 1.77. The summed E-state index contributed by atoms with van der Waals surface area (Å²) in [6.07, 6.45) is 3.80. The van der Waals surface area contributed by atoms with Crippen molar-refractivity contribution >= 4 is 22.3 Å². The number of aliphatic hydroxyl groups is 2. The third-order valence-corrected chi connectivity index (χ3v) is 4.72. The molecule has 1 aliphatic rings. The Kier molecular flexibility index (Phi) is 4.99. The molecule has 0 radical (unpaired) electrons. The molecule has 0 saturated carbocycles. The fraction of sp³-hybridized carbons (Fsp3) is 0.467. The van der Waals surface area contributed by atoms with E-state index in [-0.39, 0.29) is 25.3 Å². The zero-order chi connectivity index (χ0) is 15.4. The fourth-order valence-electron chi connectivity index (χ4n) is 2.85. The molecule has 0 aliphatic carbocycles. The summed E-state index contributed by atoms with van der Waals surface area (Å²) in [6, 6.07) is 5.66. The minimum atomic E-state index is -0.207. The van der Waals surface area contributed by atoms with Crippen molar-refractivity contribution in [2.75, 3.05) is 25.1 Å². The van der Waals surface area contributed by atoms with Crippen molar-refractivity contribution in [2.24, 2.45) is 0 Å². The van der Waals surface area contributed by atoms with E-state index in [9.17, 15) is 10.2 Å². The second kappa shape index (κ2) is 7.15. The smallest absolute Gasteiger partial charge is 0.188 e. The fourth-order valence-corrected chi connectivity index (χ4v) is 3.62. The third kappa shape index (κ3) is 3.27. The van der Waals surface area contributed by atoms with Crippen LogP contribution >= 0.6 is 11.3 Å². The molecule has 0 amide bonds. The summed E-state index contributed by atoms with van der Waals surface area (Å²) in [5.41, 5.74) is 0.993. The van der Waals surface area contributed by atoms with Gasteiger partial charge in [-0.3, -0.25) is 4.90 Å². The first kappa shape index (κ1) is 15.4. The Morgan fingerprint density at radius 3 is 2.95 bits per heavy atom. The zero-order valence-corrected chi connectivity index (χ0v) is 13.0. The van der Waals surface area contributed by atoms with Crippen molar-refractivity contribution in [1.82, 2.24) is 14.9 Å². The molecule has 1 atom stereocenters. The van der Waals surface area contributed by atoms with Crippen LogP contribution in [0.2, 0.25) is 0 Å². The molecule has 2 aromatic heterocycles. The second-order valence-corrected chi connectivity index (χ2v) is 6.19. The molecule has 3 rings (SSSR count). The Morgan fingerprint density at radius 2 is 2.23 bits per heavy atom. The molecule has 0 spiro atoms. The predicted molar refractivity (Wildman–Crippen MR) is 86.3 cm³/mol. The van der Waals surface area contributed by atoms with Crippen LogP contribution < -0.4 is 5.32 Å². The molecule has 3 N–H and O–H groups in total. The number of anilines is 2.